The second kappa shape index (κ2) is 6.55. The molecule has 0 rings (SSSR count). The zero-order chi connectivity index (χ0) is 10.3. The summed E-state index contributed by atoms with van der Waals surface area (Å²) >= 11 is 5.59. The number of halogens is 1. The van der Waals surface area contributed by atoms with E-state index in [1.54, 1.807) is 6.08 Å². The van der Waals surface area contributed by atoms with Gasteiger partial charge in [-0.2, -0.15) is 0 Å². The Morgan fingerprint density at radius 1 is 1.31 bits per heavy atom. The lowest BCUT2D eigenvalue weighted by Gasteiger charge is -2.00. The molecule has 0 aromatic rings. The maximum absolute atomic E-state index is 5.59. The molecule has 0 bridgehead atoms. The van der Waals surface area contributed by atoms with Crippen LogP contribution in [0.15, 0.2) is 47.7 Å². The zero-order valence-electron chi connectivity index (χ0n) is 8.02. The molecule has 0 amide bonds. The molecular weight excluding hydrogens is 182 g/mol. The molecule has 0 spiro atoms. The maximum atomic E-state index is 5.59. The number of hydrogen-bond donors (Lipinski definition) is 1. The van der Waals surface area contributed by atoms with Gasteiger partial charge >= 0.3 is 0 Å². The van der Waals surface area contributed by atoms with Crippen molar-refractivity contribution in [2.45, 2.75) is 19.8 Å². The predicted molar refractivity (Wildman–Crippen MR) is 60.5 cm³/mol. The minimum Gasteiger partial charge on any atom is -0.403 e. The largest absolute Gasteiger partial charge is 0.403 e. The van der Waals surface area contributed by atoms with Crippen molar-refractivity contribution in [3.05, 3.63) is 47.7 Å². The van der Waals surface area contributed by atoms with E-state index in [1.807, 2.05) is 19.1 Å². The molecule has 2 heteroatoms. The highest BCUT2D eigenvalue weighted by molar-refractivity contribution is 6.30. The Kier molecular flexibility index (Phi) is 6.07. The molecule has 0 unspecified atom stereocenters. The minimum atomic E-state index is 0.533. The number of rotatable bonds is 5. The first kappa shape index (κ1) is 12.0. The van der Waals surface area contributed by atoms with Crippen LogP contribution in [0.4, 0.5) is 0 Å². The Morgan fingerprint density at radius 2 is 1.92 bits per heavy atom. The third-order valence-electron chi connectivity index (χ3n) is 1.58. The van der Waals surface area contributed by atoms with Gasteiger partial charge in [-0.15, -0.1) is 0 Å². The van der Waals surface area contributed by atoms with Gasteiger partial charge < -0.3 is 5.73 Å². The van der Waals surface area contributed by atoms with Crippen LogP contribution in [0.2, 0.25) is 0 Å². The summed E-state index contributed by atoms with van der Waals surface area (Å²) in [5.41, 5.74) is 7.36. The van der Waals surface area contributed by atoms with Crippen molar-refractivity contribution in [1.29, 1.82) is 0 Å². The van der Waals surface area contributed by atoms with Gasteiger partial charge in [0.2, 0.25) is 0 Å². The van der Waals surface area contributed by atoms with E-state index in [4.69, 9.17) is 17.3 Å². The van der Waals surface area contributed by atoms with Crippen molar-refractivity contribution >= 4 is 11.6 Å². The lowest BCUT2D eigenvalue weighted by atomic mass is 10.1. The number of nitrogens with two attached hydrogens (primary N) is 1. The summed E-state index contributed by atoms with van der Waals surface area (Å²) in [7, 11) is 0. The van der Waals surface area contributed by atoms with Gasteiger partial charge in [-0.25, -0.2) is 0 Å². The molecular formula is C11H16ClN. The Hall–Kier alpha value is -0.950. The van der Waals surface area contributed by atoms with E-state index in [0.717, 1.165) is 12.8 Å². The topological polar surface area (TPSA) is 26.0 Å². The summed E-state index contributed by atoms with van der Waals surface area (Å²) in [6, 6.07) is 0. The molecule has 0 aliphatic heterocycles. The Labute approximate surface area is 85.3 Å². The van der Waals surface area contributed by atoms with Gasteiger partial charge in [-0.05, 0) is 25.8 Å². The fourth-order valence-corrected chi connectivity index (χ4v) is 0.889. The van der Waals surface area contributed by atoms with Gasteiger partial charge in [0.05, 0.1) is 0 Å². The summed E-state index contributed by atoms with van der Waals surface area (Å²) in [4.78, 5) is 0. The zero-order valence-corrected chi connectivity index (χ0v) is 8.77. The lowest BCUT2D eigenvalue weighted by molar-refractivity contribution is 0.933. The molecule has 0 heterocycles. The standard InChI is InChI=1S/C11H16ClN/c1-4-11(7-5-9(2)12)8-6-10(3)13/h4-5,7H,2-3,6,8,13H2,1H3/b7-5-,11-4+. The van der Waals surface area contributed by atoms with E-state index >= 15 is 0 Å². The molecule has 0 atom stereocenters. The van der Waals surface area contributed by atoms with Gasteiger partial charge in [-0.3, -0.25) is 0 Å². The van der Waals surface area contributed by atoms with Crippen LogP contribution in [0.25, 0.3) is 0 Å². The maximum Gasteiger partial charge on any atom is 0.0334 e. The molecule has 0 aromatic heterocycles. The van der Waals surface area contributed by atoms with E-state index < -0.39 is 0 Å². The molecule has 2 N–H and O–H groups in total. The molecule has 0 aliphatic carbocycles. The van der Waals surface area contributed by atoms with Crippen LogP contribution in [0.3, 0.4) is 0 Å². The summed E-state index contributed by atoms with van der Waals surface area (Å²) in [5.74, 6) is 0. The lowest BCUT2D eigenvalue weighted by Crippen LogP contribution is -1.94. The molecule has 0 fully saturated rings. The van der Waals surface area contributed by atoms with Gasteiger partial charge in [0.15, 0.2) is 0 Å². The molecule has 0 aliphatic rings. The van der Waals surface area contributed by atoms with Crippen LogP contribution in [-0.2, 0) is 0 Å². The van der Waals surface area contributed by atoms with Crippen LogP contribution in [0.5, 0.6) is 0 Å². The number of allylic oxidation sites excluding steroid dienone is 6. The SMILES string of the molecule is C=C(Cl)/C=C\C(=C/C)CCC(=C)N. The summed E-state index contributed by atoms with van der Waals surface area (Å²) in [6.45, 7) is 9.19. The highest BCUT2D eigenvalue weighted by atomic mass is 35.5. The van der Waals surface area contributed by atoms with Crippen molar-refractivity contribution in [3.63, 3.8) is 0 Å². The predicted octanol–water partition coefficient (Wildman–Crippen LogP) is 3.49. The summed E-state index contributed by atoms with van der Waals surface area (Å²) < 4.78 is 0. The van der Waals surface area contributed by atoms with Crippen LogP contribution >= 0.6 is 11.6 Å². The van der Waals surface area contributed by atoms with Gasteiger partial charge in [0.25, 0.3) is 0 Å². The summed E-state index contributed by atoms with van der Waals surface area (Å²) in [6.07, 6.45) is 7.44. The van der Waals surface area contributed by atoms with Crippen molar-refractivity contribution < 1.29 is 0 Å². The fourth-order valence-electron chi connectivity index (χ4n) is 0.826. The van der Waals surface area contributed by atoms with Crippen molar-refractivity contribution in [2.75, 3.05) is 0 Å². The first-order valence-corrected chi connectivity index (χ1v) is 4.55. The first-order valence-electron chi connectivity index (χ1n) is 4.17. The van der Waals surface area contributed by atoms with Crippen molar-refractivity contribution in [2.24, 2.45) is 5.73 Å². The van der Waals surface area contributed by atoms with E-state index in [1.165, 1.54) is 5.57 Å². The number of hydrogen-bond acceptors (Lipinski definition) is 1. The Bertz CT molecular complexity index is 249. The van der Waals surface area contributed by atoms with Crippen LogP contribution in [0.1, 0.15) is 19.8 Å². The monoisotopic (exact) mass is 197 g/mol. The fraction of sp³-hybridized carbons (Fsp3) is 0.273. The van der Waals surface area contributed by atoms with E-state index in [9.17, 15) is 0 Å². The normalized spacial score (nSPS) is 12.0. The van der Waals surface area contributed by atoms with Crippen molar-refractivity contribution in [1.82, 2.24) is 0 Å². The minimum absolute atomic E-state index is 0.533. The smallest absolute Gasteiger partial charge is 0.0334 e. The molecule has 13 heavy (non-hydrogen) atoms. The second-order valence-corrected chi connectivity index (χ2v) is 3.29. The average Bonchev–Trinajstić information content (AvgIpc) is 2.04. The Balaban J connectivity index is 4.06. The van der Waals surface area contributed by atoms with Crippen LogP contribution in [0, 0.1) is 0 Å². The van der Waals surface area contributed by atoms with Gasteiger partial charge in [-0.1, -0.05) is 42.5 Å². The molecule has 0 radical (unpaired) electrons. The molecule has 0 saturated heterocycles. The van der Waals surface area contributed by atoms with Crippen LogP contribution < -0.4 is 5.73 Å². The second-order valence-electron chi connectivity index (χ2n) is 2.80. The third-order valence-corrected chi connectivity index (χ3v) is 1.71. The highest BCUT2D eigenvalue weighted by Crippen LogP contribution is 2.11. The molecule has 72 valence electrons. The van der Waals surface area contributed by atoms with Gasteiger partial charge in [0, 0.05) is 10.7 Å². The molecule has 0 saturated carbocycles. The highest BCUT2D eigenvalue weighted by Gasteiger charge is 1.92. The van der Waals surface area contributed by atoms with Crippen LogP contribution in [-0.4, -0.2) is 0 Å². The van der Waals surface area contributed by atoms with Gasteiger partial charge in [0.1, 0.15) is 0 Å². The quantitative estimate of drug-likeness (QED) is 0.671. The third kappa shape index (κ3) is 7.41. The van der Waals surface area contributed by atoms with E-state index in [0.29, 0.717) is 10.7 Å². The average molecular weight is 198 g/mol. The summed E-state index contributed by atoms with van der Waals surface area (Å²) in [5, 5.41) is 0.533. The molecule has 0 aromatic carbocycles. The van der Waals surface area contributed by atoms with Crippen molar-refractivity contribution in [3.8, 4) is 0 Å². The van der Waals surface area contributed by atoms with E-state index in [2.05, 4.69) is 13.2 Å². The van der Waals surface area contributed by atoms with E-state index in [-0.39, 0.29) is 0 Å². The Morgan fingerprint density at radius 3 is 2.31 bits per heavy atom. The molecule has 1 nitrogen and oxygen atoms in total. The first-order chi connectivity index (χ1) is 6.06.